The van der Waals surface area contributed by atoms with Crippen LogP contribution in [0, 0.1) is 6.92 Å². The molecule has 1 unspecified atom stereocenters. The van der Waals surface area contributed by atoms with Crippen molar-refractivity contribution in [2.24, 2.45) is 0 Å². The van der Waals surface area contributed by atoms with E-state index in [0.717, 1.165) is 38.4 Å². The van der Waals surface area contributed by atoms with Gasteiger partial charge in [0, 0.05) is 38.9 Å². The van der Waals surface area contributed by atoms with Crippen molar-refractivity contribution in [3.63, 3.8) is 0 Å². The van der Waals surface area contributed by atoms with E-state index in [2.05, 4.69) is 22.0 Å². The van der Waals surface area contributed by atoms with E-state index in [1.165, 1.54) is 5.56 Å². The molecule has 0 saturated carbocycles. The van der Waals surface area contributed by atoms with Crippen LogP contribution in [0.25, 0.3) is 0 Å². The van der Waals surface area contributed by atoms with Gasteiger partial charge in [0.05, 0.1) is 5.69 Å². The summed E-state index contributed by atoms with van der Waals surface area (Å²) >= 11 is 0. The molecule has 0 aromatic carbocycles. The van der Waals surface area contributed by atoms with Crippen LogP contribution in [0.4, 0.5) is 0 Å². The number of hydrogen-bond acceptors (Lipinski definition) is 4. The maximum absolute atomic E-state index is 10.9. The van der Waals surface area contributed by atoms with Crippen molar-refractivity contribution in [2.75, 3.05) is 26.2 Å². The van der Waals surface area contributed by atoms with Gasteiger partial charge in [-0.1, -0.05) is 6.07 Å². The molecule has 0 bridgehead atoms. The quantitative estimate of drug-likeness (QED) is 0.877. The minimum atomic E-state index is -0.742. The number of aliphatic carboxylic acids is 1. The Hall–Kier alpha value is -1.46. The second-order valence-corrected chi connectivity index (χ2v) is 5.15. The lowest BCUT2D eigenvalue weighted by Gasteiger charge is -2.36. The predicted octanol–water partition coefficient (Wildman–Crippen LogP) is 0.981. The van der Waals surface area contributed by atoms with E-state index in [1.54, 1.807) is 6.92 Å². The Bertz CT molecular complexity index is 425. The normalized spacial score (nSPS) is 19.3. The molecule has 1 aromatic heterocycles. The van der Waals surface area contributed by atoms with Gasteiger partial charge in [0.2, 0.25) is 0 Å². The van der Waals surface area contributed by atoms with Crippen molar-refractivity contribution in [3.8, 4) is 0 Å². The second-order valence-electron chi connectivity index (χ2n) is 5.15. The standard InChI is InChI=1S/C14H21N3O2/c1-11-3-4-13(15-9-11)10-16-5-7-17(8-6-16)12(2)14(18)19/h3-4,9,12H,5-8,10H2,1-2H3,(H,18,19). The van der Waals surface area contributed by atoms with Crippen molar-refractivity contribution in [2.45, 2.75) is 26.4 Å². The van der Waals surface area contributed by atoms with E-state index in [0.29, 0.717) is 0 Å². The molecule has 0 aliphatic carbocycles. The summed E-state index contributed by atoms with van der Waals surface area (Å²) in [6, 6.07) is 3.74. The number of rotatable bonds is 4. The van der Waals surface area contributed by atoms with E-state index in [4.69, 9.17) is 5.11 Å². The van der Waals surface area contributed by atoms with Crippen molar-refractivity contribution < 1.29 is 9.90 Å². The van der Waals surface area contributed by atoms with Gasteiger partial charge in [-0.05, 0) is 25.5 Å². The van der Waals surface area contributed by atoms with Gasteiger partial charge in [-0.25, -0.2) is 0 Å². The third-order valence-corrected chi connectivity index (χ3v) is 3.67. The highest BCUT2D eigenvalue weighted by Gasteiger charge is 2.25. The molecular formula is C14H21N3O2. The molecule has 1 aliphatic heterocycles. The smallest absolute Gasteiger partial charge is 0.320 e. The molecule has 1 saturated heterocycles. The molecule has 1 atom stereocenters. The van der Waals surface area contributed by atoms with Crippen LogP contribution in [0.3, 0.4) is 0 Å². The molecule has 1 N–H and O–H groups in total. The third kappa shape index (κ3) is 3.75. The first-order valence-corrected chi connectivity index (χ1v) is 6.67. The fourth-order valence-corrected chi connectivity index (χ4v) is 2.29. The zero-order valence-electron chi connectivity index (χ0n) is 11.5. The SMILES string of the molecule is Cc1ccc(CN2CCN(C(C)C(=O)O)CC2)nc1. The Morgan fingerprint density at radius 2 is 2.05 bits per heavy atom. The Morgan fingerprint density at radius 1 is 1.37 bits per heavy atom. The fourth-order valence-electron chi connectivity index (χ4n) is 2.29. The molecule has 0 amide bonds. The molecule has 1 aliphatic rings. The minimum Gasteiger partial charge on any atom is -0.480 e. The van der Waals surface area contributed by atoms with Crippen LogP contribution in [0.2, 0.25) is 0 Å². The van der Waals surface area contributed by atoms with Gasteiger partial charge < -0.3 is 5.11 Å². The maximum Gasteiger partial charge on any atom is 0.320 e. The topological polar surface area (TPSA) is 56.7 Å². The first-order chi connectivity index (χ1) is 9.06. The molecule has 1 aromatic rings. The third-order valence-electron chi connectivity index (χ3n) is 3.67. The molecule has 2 rings (SSSR count). The van der Waals surface area contributed by atoms with Gasteiger partial charge >= 0.3 is 5.97 Å². The number of aromatic nitrogens is 1. The highest BCUT2D eigenvalue weighted by molar-refractivity contribution is 5.72. The molecular weight excluding hydrogens is 242 g/mol. The first-order valence-electron chi connectivity index (χ1n) is 6.67. The van der Waals surface area contributed by atoms with Crippen LogP contribution in [0.15, 0.2) is 18.3 Å². The lowest BCUT2D eigenvalue weighted by Crippen LogP contribution is -2.51. The number of piperazine rings is 1. The number of carboxylic acid groups (broad SMARTS) is 1. The van der Waals surface area contributed by atoms with Crippen LogP contribution >= 0.6 is 0 Å². The summed E-state index contributed by atoms with van der Waals surface area (Å²) < 4.78 is 0. The maximum atomic E-state index is 10.9. The molecule has 0 spiro atoms. The summed E-state index contributed by atoms with van der Waals surface area (Å²) in [5.74, 6) is -0.742. The summed E-state index contributed by atoms with van der Waals surface area (Å²) in [6.07, 6.45) is 1.89. The van der Waals surface area contributed by atoms with Crippen molar-refractivity contribution in [1.29, 1.82) is 0 Å². The van der Waals surface area contributed by atoms with Gasteiger partial charge in [0.1, 0.15) is 6.04 Å². The second kappa shape index (κ2) is 6.12. The number of carboxylic acids is 1. The van der Waals surface area contributed by atoms with Crippen molar-refractivity contribution in [3.05, 3.63) is 29.6 Å². The lowest BCUT2D eigenvalue weighted by atomic mass is 10.2. The van der Waals surface area contributed by atoms with Crippen LogP contribution in [0.5, 0.6) is 0 Å². The van der Waals surface area contributed by atoms with E-state index in [9.17, 15) is 4.79 Å². The summed E-state index contributed by atoms with van der Waals surface area (Å²) in [5.41, 5.74) is 2.24. The van der Waals surface area contributed by atoms with Crippen LogP contribution in [0.1, 0.15) is 18.2 Å². The van der Waals surface area contributed by atoms with Crippen LogP contribution in [-0.4, -0.2) is 58.1 Å². The van der Waals surface area contributed by atoms with Crippen molar-refractivity contribution in [1.82, 2.24) is 14.8 Å². The Balaban J connectivity index is 1.83. The summed E-state index contributed by atoms with van der Waals surface area (Å²) in [4.78, 5) is 19.7. The minimum absolute atomic E-state index is 0.389. The van der Waals surface area contributed by atoms with E-state index in [1.807, 2.05) is 18.0 Å². The first kappa shape index (κ1) is 14.0. The summed E-state index contributed by atoms with van der Waals surface area (Å²) in [6.45, 7) is 8.02. The Labute approximate surface area is 113 Å². The van der Waals surface area contributed by atoms with Gasteiger partial charge in [0.25, 0.3) is 0 Å². The summed E-state index contributed by atoms with van der Waals surface area (Å²) in [7, 11) is 0. The van der Waals surface area contributed by atoms with Gasteiger partial charge in [-0.15, -0.1) is 0 Å². The summed E-state index contributed by atoms with van der Waals surface area (Å²) in [5, 5.41) is 9.00. The zero-order chi connectivity index (χ0) is 13.8. The molecule has 19 heavy (non-hydrogen) atoms. The molecule has 1 fully saturated rings. The number of carbonyl (C=O) groups is 1. The van der Waals surface area contributed by atoms with E-state index in [-0.39, 0.29) is 6.04 Å². The molecule has 5 heteroatoms. The van der Waals surface area contributed by atoms with Gasteiger partial charge in [-0.2, -0.15) is 0 Å². The highest BCUT2D eigenvalue weighted by Crippen LogP contribution is 2.10. The highest BCUT2D eigenvalue weighted by atomic mass is 16.4. The van der Waals surface area contributed by atoms with Crippen molar-refractivity contribution >= 4 is 5.97 Å². The fraction of sp³-hybridized carbons (Fsp3) is 0.571. The predicted molar refractivity (Wildman–Crippen MR) is 72.9 cm³/mol. The van der Waals surface area contributed by atoms with E-state index < -0.39 is 5.97 Å². The number of pyridine rings is 1. The van der Waals surface area contributed by atoms with E-state index >= 15 is 0 Å². The van der Waals surface area contributed by atoms with Gasteiger partial charge in [-0.3, -0.25) is 19.6 Å². The average molecular weight is 263 g/mol. The van der Waals surface area contributed by atoms with Gasteiger partial charge in [0.15, 0.2) is 0 Å². The number of nitrogens with zero attached hydrogens (tertiary/aromatic N) is 3. The number of hydrogen-bond donors (Lipinski definition) is 1. The molecule has 2 heterocycles. The zero-order valence-corrected chi connectivity index (χ0v) is 11.5. The molecule has 0 radical (unpaired) electrons. The van der Waals surface area contributed by atoms with Crippen LogP contribution in [-0.2, 0) is 11.3 Å². The average Bonchev–Trinajstić information content (AvgIpc) is 2.41. The monoisotopic (exact) mass is 263 g/mol. The Kier molecular flexibility index (Phi) is 4.50. The molecule has 104 valence electrons. The largest absolute Gasteiger partial charge is 0.480 e. The van der Waals surface area contributed by atoms with Crippen LogP contribution < -0.4 is 0 Å². The lowest BCUT2D eigenvalue weighted by molar-refractivity contribution is -0.143. The Morgan fingerprint density at radius 3 is 2.58 bits per heavy atom. The molecule has 5 nitrogen and oxygen atoms in total. The number of aryl methyl sites for hydroxylation is 1.